The fraction of sp³-hybridized carbons (Fsp3) is 0.625. The lowest BCUT2D eigenvalue weighted by Crippen LogP contribution is -2.24. The maximum absolute atomic E-state index is 11.1. The topological polar surface area (TPSA) is 66.8 Å². The molecule has 74 valence electrons. The van der Waals surface area contributed by atoms with Gasteiger partial charge in [-0.05, 0) is 20.3 Å². The van der Waals surface area contributed by atoms with Gasteiger partial charge >= 0.3 is 13.1 Å². The highest BCUT2D eigenvalue weighted by molar-refractivity contribution is 6.47. The Morgan fingerprint density at radius 2 is 2.08 bits per heavy atom. The minimum Gasteiger partial charge on any atom is -0.469 e. The summed E-state index contributed by atoms with van der Waals surface area (Å²) in [5.41, 5.74) is -0.625. The molecule has 0 aromatic rings. The molecule has 0 saturated heterocycles. The number of allylic oxidation sites excluding steroid dienone is 1. The monoisotopic (exact) mass is 186 g/mol. The Morgan fingerprint density at radius 1 is 1.54 bits per heavy atom. The predicted molar refractivity (Wildman–Crippen MR) is 49.7 cm³/mol. The Labute approximate surface area is 78.4 Å². The third kappa shape index (κ3) is 4.70. The Kier molecular flexibility index (Phi) is 4.73. The van der Waals surface area contributed by atoms with Gasteiger partial charge in [-0.2, -0.15) is 0 Å². The largest absolute Gasteiger partial charge is 0.480 e. The molecule has 2 N–H and O–H groups in total. The fourth-order valence-corrected chi connectivity index (χ4v) is 0.844. The molecule has 0 aromatic carbocycles. The van der Waals surface area contributed by atoms with E-state index in [1.807, 2.05) is 0 Å². The van der Waals surface area contributed by atoms with Gasteiger partial charge in [0.2, 0.25) is 0 Å². The lowest BCUT2D eigenvalue weighted by molar-refractivity contribution is -0.150. The van der Waals surface area contributed by atoms with E-state index in [1.165, 1.54) is 13.1 Å². The Balaban J connectivity index is 4.10. The molecule has 0 atom stereocenters. The van der Waals surface area contributed by atoms with Gasteiger partial charge in [0.1, 0.15) is 0 Å². The van der Waals surface area contributed by atoms with Gasteiger partial charge in [-0.1, -0.05) is 12.1 Å². The highest BCUT2D eigenvalue weighted by Crippen LogP contribution is 2.22. The molecule has 0 aromatic heterocycles. The Morgan fingerprint density at radius 3 is 2.46 bits per heavy atom. The number of carbonyl (C=O) groups is 1. The standard InChI is InChI=1S/C8H15BO4/c1-8(2,7(10)13-3)5-4-6-9(11)12/h4,6,11-12H,5H2,1-3H3/b6-4+. The molecule has 0 amide bonds. The third-order valence-corrected chi connectivity index (χ3v) is 1.67. The van der Waals surface area contributed by atoms with E-state index in [2.05, 4.69) is 4.74 Å². The van der Waals surface area contributed by atoms with Crippen LogP contribution in [0.5, 0.6) is 0 Å². The summed E-state index contributed by atoms with van der Waals surface area (Å²) in [6.07, 6.45) is 1.96. The van der Waals surface area contributed by atoms with Crippen molar-refractivity contribution in [2.24, 2.45) is 5.41 Å². The molecule has 0 rings (SSSR count). The molecule has 0 fully saturated rings. The first-order valence-corrected chi connectivity index (χ1v) is 4.01. The SMILES string of the molecule is COC(=O)C(C)(C)C/C=C/B(O)O. The zero-order valence-electron chi connectivity index (χ0n) is 8.15. The summed E-state index contributed by atoms with van der Waals surface area (Å²) in [5, 5.41) is 17.0. The van der Waals surface area contributed by atoms with E-state index in [9.17, 15) is 4.79 Å². The second-order valence-corrected chi connectivity index (χ2v) is 3.42. The summed E-state index contributed by atoms with van der Waals surface area (Å²) in [6.45, 7) is 3.46. The molecule has 13 heavy (non-hydrogen) atoms. The van der Waals surface area contributed by atoms with Crippen molar-refractivity contribution < 1.29 is 19.6 Å². The van der Waals surface area contributed by atoms with Gasteiger partial charge in [0.15, 0.2) is 0 Å². The fourth-order valence-electron chi connectivity index (χ4n) is 0.844. The van der Waals surface area contributed by atoms with Crippen molar-refractivity contribution in [3.8, 4) is 0 Å². The van der Waals surface area contributed by atoms with Gasteiger partial charge < -0.3 is 14.8 Å². The maximum atomic E-state index is 11.1. The van der Waals surface area contributed by atoms with Crippen LogP contribution in [0.2, 0.25) is 0 Å². The summed E-state index contributed by atoms with van der Waals surface area (Å²) >= 11 is 0. The average molecular weight is 186 g/mol. The molecular formula is C8H15BO4. The van der Waals surface area contributed by atoms with Crippen molar-refractivity contribution in [2.75, 3.05) is 7.11 Å². The number of hydrogen-bond donors (Lipinski definition) is 2. The molecule has 5 heteroatoms. The third-order valence-electron chi connectivity index (χ3n) is 1.67. The molecule has 4 nitrogen and oxygen atoms in total. The summed E-state index contributed by atoms with van der Waals surface area (Å²) in [7, 11) is -0.136. The van der Waals surface area contributed by atoms with Crippen LogP contribution in [0.1, 0.15) is 20.3 Å². The molecule has 0 aliphatic carbocycles. The first-order chi connectivity index (χ1) is 5.90. The van der Waals surface area contributed by atoms with Crippen molar-refractivity contribution >= 4 is 13.1 Å². The highest BCUT2D eigenvalue weighted by Gasteiger charge is 2.26. The van der Waals surface area contributed by atoms with Crippen LogP contribution in [-0.4, -0.2) is 30.2 Å². The molecule has 0 heterocycles. The second kappa shape index (κ2) is 5.04. The van der Waals surface area contributed by atoms with Crippen LogP contribution in [0.4, 0.5) is 0 Å². The summed E-state index contributed by atoms with van der Waals surface area (Å²) in [5.74, 6) is 0.898. The molecule has 0 saturated carbocycles. The summed E-state index contributed by atoms with van der Waals surface area (Å²) < 4.78 is 4.57. The number of methoxy groups -OCH3 is 1. The Hall–Kier alpha value is -0.805. The van der Waals surface area contributed by atoms with Crippen LogP contribution in [0.3, 0.4) is 0 Å². The van der Waals surface area contributed by atoms with E-state index >= 15 is 0 Å². The van der Waals surface area contributed by atoms with E-state index in [4.69, 9.17) is 10.0 Å². The zero-order valence-corrected chi connectivity index (χ0v) is 8.15. The van der Waals surface area contributed by atoms with E-state index in [1.54, 1.807) is 19.9 Å². The number of ether oxygens (including phenoxy) is 1. The first kappa shape index (κ1) is 12.2. The predicted octanol–water partition coefficient (Wildman–Crippen LogP) is 0.144. The van der Waals surface area contributed by atoms with Crippen LogP contribution in [0, 0.1) is 5.41 Å². The first-order valence-electron chi connectivity index (χ1n) is 4.01. The van der Waals surface area contributed by atoms with Crippen molar-refractivity contribution in [1.29, 1.82) is 0 Å². The van der Waals surface area contributed by atoms with Crippen LogP contribution in [0.15, 0.2) is 12.1 Å². The molecule has 0 unspecified atom stereocenters. The quantitative estimate of drug-likeness (QED) is 0.484. The van der Waals surface area contributed by atoms with Crippen molar-refractivity contribution in [2.45, 2.75) is 20.3 Å². The lowest BCUT2D eigenvalue weighted by atomic mass is 9.85. The average Bonchev–Trinajstić information content (AvgIpc) is 2.01. The van der Waals surface area contributed by atoms with Crippen molar-refractivity contribution in [1.82, 2.24) is 0 Å². The maximum Gasteiger partial charge on any atom is 0.480 e. The van der Waals surface area contributed by atoms with Gasteiger partial charge in [0, 0.05) is 0 Å². The molecule has 0 spiro atoms. The second-order valence-electron chi connectivity index (χ2n) is 3.42. The molecular weight excluding hydrogens is 171 g/mol. The number of carbonyl (C=O) groups excluding carboxylic acids is 1. The van der Waals surface area contributed by atoms with Crippen molar-refractivity contribution in [3.05, 3.63) is 12.1 Å². The van der Waals surface area contributed by atoms with E-state index in [0.717, 1.165) is 0 Å². The smallest absolute Gasteiger partial charge is 0.469 e. The van der Waals surface area contributed by atoms with Crippen molar-refractivity contribution in [3.63, 3.8) is 0 Å². The van der Waals surface area contributed by atoms with Gasteiger partial charge in [0.25, 0.3) is 0 Å². The van der Waals surface area contributed by atoms with E-state index in [-0.39, 0.29) is 5.97 Å². The Bertz CT molecular complexity index is 198. The summed E-state index contributed by atoms with van der Waals surface area (Å²) in [6, 6.07) is 0. The molecule has 0 bridgehead atoms. The number of hydrogen-bond acceptors (Lipinski definition) is 4. The summed E-state index contributed by atoms with van der Waals surface area (Å²) in [4.78, 5) is 11.1. The van der Waals surface area contributed by atoms with Crippen LogP contribution in [-0.2, 0) is 9.53 Å². The number of esters is 1. The highest BCUT2D eigenvalue weighted by atomic mass is 16.5. The molecule has 0 aliphatic heterocycles. The van der Waals surface area contributed by atoms with Gasteiger partial charge in [-0.3, -0.25) is 4.79 Å². The van der Waals surface area contributed by atoms with Crippen LogP contribution in [0.25, 0.3) is 0 Å². The molecule has 0 radical (unpaired) electrons. The van der Waals surface area contributed by atoms with Gasteiger partial charge in [0.05, 0.1) is 12.5 Å². The normalized spacial score (nSPS) is 11.8. The van der Waals surface area contributed by atoms with Gasteiger partial charge in [-0.25, -0.2) is 0 Å². The minimum absolute atomic E-state index is 0.315. The van der Waals surface area contributed by atoms with E-state index in [0.29, 0.717) is 6.42 Å². The number of rotatable bonds is 4. The lowest BCUT2D eigenvalue weighted by Gasteiger charge is -2.18. The molecule has 0 aliphatic rings. The zero-order chi connectivity index (χ0) is 10.5. The van der Waals surface area contributed by atoms with Crippen LogP contribution >= 0.6 is 0 Å². The van der Waals surface area contributed by atoms with E-state index < -0.39 is 12.5 Å². The van der Waals surface area contributed by atoms with Crippen LogP contribution < -0.4 is 0 Å². The van der Waals surface area contributed by atoms with Gasteiger partial charge in [-0.15, -0.1) is 0 Å². The minimum atomic E-state index is -1.46.